The van der Waals surface area contributed by atoms with E-state index in [9.17, 15) is 13.2 Å². The zero-order chi connectivity index (χ0) is 21.7. The van der Waals surface area contributed by atoms with Crippen LogP contribution in [0.4, 0.5) is 0 Å². The highest BCUT2D eigenvalue weighted by atomic mass is 32.2. The molecule has 30 heavy (non-hydrogen) atoms. The minimum Gasteiger partial charge on any atom is -0.345 e. The lowest BCUT2D eigenvalue weighted by Gasteiger charge is -2.25. The average Bonchev–Trinajstić information content (AvgIpc) is 2.72. The standard InChI is InChI=1S/C25H33NO3S/c1-18(2)24(22-15-13-21(14-16-22)20-7-5-4-6-8-20)26-25(27)23-11-9-19(10-12-23)17-30(3,28)29/h9-16,18,20,24H,4-8,17H2,1-3H3,(H,26,27). The smallest absolute Gasteiger partial charge is 0.251 e. The quantitative estimate of drug-likeness (QED) is 0.643. The molecule has 1 N–H and O–H groups in total. The average molecular weight is 428 g/mol. The van der Waals surface area contributed by atoms with Gasteiger partial charge in [0.2, 0.25) is 0 Å². The maximum absolute atomic E-state index is 12.8. The predicted molar refractivity (Wildman–Crippen MR) is 122 cm³/mol. The molecule has 0 heterocycles. The van der Waals surface area contributed by atoms with Gasteiger partial charge in [-0.1, -0.05) is 69.5 Å². The van der Waals surface area contributed by atoms with E-state index in [-0.39, 0.29) is 23.6 Å². The van der Waals surface area contributed by atoms with E-state index in [1.54, 1.807) is 24.3 Å². The van der Waals surface area contributed by atoms with Crippen LogP contribution in [0, 0.1) is 5.92 Å². The molecule has 4 nitrogen and oxygen atoms in total. The number of carbonyl (C=O) groups excluding carboxylic acids is 1. The van der Waals surface area contributed by atoms with Gasteiger partial charge in [0.25, 0.3) is 5.91 Å². The van der Waals surface area contributed by atoms with Crippen molar-refractivity contribution in [3.8, 4) is 0 Å². The van der Waals surface area contributed by atoms with Crippen LogP contribution < -0.4 is 5.32 Å². The van der Waals surface area contributed by atoms with Crippen molar-refractivity contribution in [1.29, 1.82) is 0 Å². The first kappa shape index (κ1) is 22.5. The van der Waals surface area contributed by atoms with Crippen LogP contribution in [0.25, 0.3) is 0 Å². The van der Waals surface area contributed by atoms with Gasteiger partial charge >= 0.3 is 0 Å². The van der Waals surface area contributed by atoms with Gasteiger partial charge in [-0.2, -0.15) is 0 Å². The minimum atomic E-state index is -3.09. The summed E-state index contributed by atoms with van der Waals surface area (Å²) in [6.07, 6.45) is 7.75. The molecule has 1 amide bonds. The van der Waals surface area contributed by atoms with Gasteiger partial charge in [-0.05, 0) is 53.5 Å². The number of hydrogen-bond donors (Lipinski definition) is 1. The summed E-state index contributed by atoms with van der Waals surface area (Å²) in [4.78, 5) is 12.8. The lowest BCUT2D eigenvalue weighted by Crippen LogP contribution is -2.31. The van der Waals surface area contributed by atoms with Crippen LogP contribution >= 0.6 is 0 Å². The molecule has 3 rings (SSSR count). The molecular formula is C25H33NO3S. The highest BCUT2D eigenvalue weighted by Gasteiger charge is 2.21. The molecule has 0 bridgehead atoms. The molecule has 0 aromatic heterocycles. The van der Waals surface area contributed by atoms with E-state index in [0.29, 0.717) is 17.0 Å². The fraction of sp³-hybridized carbons (Fsp3) is 0.480. The maximum atomic E-state index is 12.8. The van der Waals surface area contributed by atoms with Crippen LogP contribution in [-0.2, 0) is 15.6 Å². The Morgan fingerprint density at radius 2 is 1.57 bits per heavy atom. The summed E-state index contributed by atoms with van der Waals surface area (Å²) in [6.45, 7) is 4.21. The Labute approximate surface area is 181 Å². The SMILES string of the molecule is CC(C)C(NC(=O)c1ccc(CS(C)(=O)=O)cc1)c1ccc(C2CCCCC2)cc1. The van der Waals surface area contributed by atoms with Gasteiger partial charge in [0.15, 0.2) is 9.84 Å². The summed E-state index contributed by atoms with van der Waals surface area (Å²) >= 11 is 0. The Kier molecular flexibility index (Phi) is 7.35. The molecule has 0 aliphatic heterocycles. The number of sulfone groups is 1. The van der Waals surface area contributed by atoms with E-state index in [4.69, 9.17) is 0 Å². The van der Waals surface area contributed by atoms with Crippen LogP contribution in [0.3, 0.4) is 0 Å². The summed E-state index contributed by atoms with van der Waals surface area (Å²) in [5.74, 6) is 0.761. The zero-order valence-electron chi connectivity index (χ0n) is 18.2. The van der Waals surface area contributed by atoms with Crippen molar-refractivity contribution in [2.45, 2.75) is 63.7 Å². The van der Waals surface area contributed by atoms with E-state index < -0.39 is 9.84 Å². The first-order valence-corrected chi connectivity index (χ1v) is 13.0. The second-order valence-electron chi connectivity index (χ2n) is 8.96. The molecule has 2 aromatic rings. The molecule has 1 unspecified atom stereocenters. The zero-order valence-corrected chi connectivity index (χ0v) is 19.0. The molecule has 0 spiro atoms. The van der Waals surface area contributed by atoms with E-state index in [1.807, 2.05) is 0 Å². The molecule has 162 valence electrons. The largest absolute Gasteiger partial charge is 0.345 e. The summed E-state index contributed by atoms with van der Waals surface area (Å²) in [5, 5.41) is 3.16. The Hall–Kier alpha value is -2.14. The van der Waals surface area contributed by atoms with E-state index in [0.717, 1.165) is 5.56 Å². The maximum Gasteiger partial charge on any atom is 0.251 e. The van der Waals surface area contributed by atoms with Gasteiger partial charge in [0, 0.05) is 11.8 Å². The third-order valence-electron chi connectivity index (χ3n) is 5.97. The van der Waals surface area contributed by atoms with Gasteiger partial charge in [-0.25, -0.2) is 8.42 Å². The molecule has 1 saturated carbocycles. The minimum absolute atomic E-state index is 0.0170. The first-order chi connectivity index (χ1) is 14.2. The van der Waals surface area contributed by atoms with Crippen molar-refractivity contribution in [3.05, 3.63) is 70.8 Å². The van der Waals surface area contributed by atoms with Gasteiger partial charge in [-0.15, -0.1) is 0 Å². The number of carbonyl (C=O) groups is 1. The molecule has 0 radical (unpaired) electrons. The third kappa shape index (κ3) is 6.18. The molecule has 1 fully saturated rings. The van der Waals surface area contributed by atoms with Crippen molar-refractivity contribution < 1.29 is 13.2 Å². The number of rotatable bonds is 7. The molecular weight excluding hydrogens is 394 g/mol. The van der Waals surface area contributed by atoms with Gasteiger partial charge in [0.05, 0.1) is 11.8 Å². The predicted octanol–water partition coefficient (Wildman–Crippen LogP) is 5.41. The van der Waals surface area contributed by atoms with Crippen molar-refractivity contribution in [1.82, 2.24) is 5.32 Å². The number of nitrogens with one attached hydrogen (secondary N) is 1. The second-order valence-corrected chi connectivity index (χ2v) is 11.1. The summed E-state index contributed by atoms with van der Waals surface area (Å²) < 4.78 is 22.9. The lowest BCUT2D eigenvalue weighted by molar-refractivity contribution is 0.0925. The molecule has 1 aliphatic carbocycles. The number of benzene rings is 2. The Morgan fingerprint density at radius 1 is 0.967 bits per heavy atom. The van der Waals surface area contributed by atoms with Crippen LogP contribution in [-0.4, -0.2) is 20.6 Å². The molecule has 1 atom stereocenters. The van der Waals surface area contributed by atoms with Gasteiger partial charge in [-0.3, -0.25) is 4.79 Å². The number of amides is 1. The summed E-state index contributed by atoms with van der Waals surface area (Å²) in [6, 6.07) is 15.5. The van der Waals surface area contributed by atoms with E-state index >= 15 is 0 Å². The Morgan fingerprint density at radius 3 is 2.10 bits per heavy atom. The summed E-state index contributed by atoms with van der Waals surface area (Å²) in [7, 11) is -3.09. The van der Waals surface area contributed by atoms with E-state index in [1.165, 1.54) is 43.9 Å². The highest BCUT2D eigenvalue weighted by Crippen LogP contribution is 2.33. The molecule has 1 aliphatic rings. The first-order valence-electron chi connectivity index (χ1n) is 10.9. The Bertz CT molecular complexity index is 941. The number of hydrogen-bond acceptors (Lipinski definition) is 3. The summed E-state index contributed by atoms with van der Waals surface area (Å²) in [5.41, 5.74) is 3.75. The highest BCUT2D eigenvalue weighted by molar-refractivity contribution is 7.89. The van der Waals surface area contributed by atoms with Crippen molar-refractivity contribution in [2.24, 2.45) is 5.92 Å². The van der Waals surface area contributed by atoms with Crippen LogP contribution in [0.1, 0.15) is 85.0 Å². The van der Waals surface area contributed by atoms with Crippen LogP contribution in [0.5, 0.6) is 0 Å². The monoisotopic (exact) mass is 427 g/mol. The fourth-order valence-electron chi connectivity index (χ4n) is 4.33. The van der Waals surface area contributed by atoms with Gasteiger partial charge < -0.3 is 5.32 Å². The van der Waals surface area contributed by atoms with E-state index in [2.05, 4.69) is 43.4 Å². The normalized spacial score (nSPS) is 16.4. The van der Waals surface area contributed by atoms with Crippen molar-refractivity contribution in [2.75, 3.05) is 6.26 Å². The lowest BCUT2D eigenvalue weighted by atomic mass is 9.83. The fourth-order valence-corrected chi connectivity index (χ4v) is 5.12. The topological polar surface area (TPSA) is 63.2 Å². The van der Waals surface area contributed by atoms with Crippen molar-refractivity contribution >= 4 is 15.7 Å². The molecule has 2 aromatic carbocycles. The molecule has 5 heteroatoms. The van der Waals surface area contributed by atoms with Crippen LogP contribution in [0.2, 0.25) is 0 Å². The Balaban J connectivity index is 1.69. The third-order valence-corrected chi connectivity index (χ3v) is 6.83. The molecule has 0 saturated heterocycles. The van der Waals surface area contributed by atoms with Crippen molar-refractivity contribution in [3.63, 3.8) is 0 Å². The van der Waals surface area contributed by atoms with Crippen LogP contribution in [0.15, 0.2) is 48.5 Å². The second kappa shape index (κ2) is 9.78. The van der Waals surface area contributed by atoms with Gasteiger partial charge in [0.1, 0.15) is 0 Å².